The Morgan fingerprint density at radius 2 is 2.06 bits per heavy atom. The first-order chi connectivity index (χ1) is 7.50. The van der Waals surface area contributed by atoms with Crippen LogP contribution in [0.4, 0.5) is 0 Å². The Morgan fingerprint density at radius 3 is 2.62 bits per heavy atom. The molecule has 16 heavy (non-hydrogen) atoms. The van der Waals surface area contributed by atoms with Gasteiger partial charge in [0.25, 0.3) is 5.91 Å². The minimum Gasteiger partial charge on any atom is -0.352 e. The van der Waals surface area contributed by atoms with E-state index < -0.39 is 0 Å². The standard InChI is InChI=1S/C13H18BrNO/c1-9(2)10(3)8-15-13(16)11-5-4-6-12(14)7-11/h4-7,9-10H,8H2,1-3H3,(H,15,16). The monoisotopic (exact) mass is 283 g/mol. The second kappa shape index (κ2) is 6.04. The lowest BCUT2D eigenvalue weighted by atomic mass is 9.98. The van der Waals surface area contributed by atoms with Crippen molar-refractivity contribution >= 4 is 21.8 Å². The van der Waals surface area contributed by atoms with E-state index in [0.717, 1.165) is 11.0 Å². The van der Waals surface area contributed by atoms with Gasteiger partial charge in [-0.3, -0.25) is 4.79 Å². The molecule has 0 heterocycles. The van der Waals surface area contributed by atoms with Crippen LogP contribution in [-0.4, -0.2) is 12.5 Å². The molecule has 0 spiro atoms. The lowest BCUT2D eigenvalue weighted by Gasteiger charge is -2.16. The fourth-order valence-electron chi connectivity index (χ4n) is 1.22. The molecule has 2 nitrogen and oxygen atoms in total. The van der Waals surface area contributed by atoms with Crippen LogP contribution in [0.25, 0.3) is 0 Å². The smallest absolute Gasteiger partial charge is 0.251 e. The average Bonchev–Trinajstić information content (AvgIpc) is 2.25. The van der Waals surface area contributed by atoms with Crippen LogP contribution in [0.15, 0.2) is 28.7 Å². The maximum atomic E-state index is 11.8. The highest BCUT2D eigenvalue weighted by Crippen LogP contribution is 2.12. The predicted octanol–water partition coefficient (Wildman–Crippen LogP) is 3.47. The van der Waals surface area contributed by atoms with E-state index in [4.69, 9.17) is 0 Å². The van der Waals surface area contributed by atoms with Gasteiger partial charge in [0.15, 0.2) is 0 Å². The van der Waals surface area contributed by atoms with Crippen molar-refractivity contribution in [2.24, 2.45) is 11.8 Å². The van der Waals surface area contributed by atoms with Crippen LogP contribution in [0.3, 0.4) is 0 Å². The van der Waals surface area contributed by atoms with Crippen molar-refractivity contribution in [2.45, 2.75) is 20.8 Å². The Hall–Kier alpha value is -0.830. The van der Waals surface area contributed by atoms with E-state index in [1.54, 1.807) is 0 Å². The van der Waals surface area contributed by atoms with Crippen molar-refractivity contribution < 1.29 is 4.79 Å². The summed E-state index contributed by atoms with van der Waals surface area (Å²) in [5, 5.41) is 2.95. The zero-order valence-corrected chi connectivity index (χ0v) is 11.5. The summed E-state index contributed by atoms with van der Waals surface area (Å²) in [6, 6.07) is 7.42. The van der Waals surface area contributed by atoms with E-state index in [2.05, 4.69) is 42.0 Å². The molecule has 0 aromatic heterocycles. The minimum atomic E-state index is -0.00574. The molecule has 1 N–H and O–H groups in total. The molecule has 0 saturated carbocycles. The number of hydrogen-bond acceptors (Lipinski definition) is 1. The van der Waals surface area contributed by atoms with E-state index in [1.165, 1.54) is 0 Å². The summed E-state index contributed by atoms with van der Waals surface area (Å²) in [6.45, 7) is 7.20. The van der Waals surface area contributed by atoms with Crippen molar-refractivity contribution in [2.75, 3.05) is 6.54 Å². The molecule has 1 rings (SSSR count). The summed E-state index contributed by atoms with van der Waals surface area (Å²) >= 11 is 3.35. The lowest BCUT2D eigenvalue weighted by Crippen LogP contribution is -2.30. The highest BCUT2D eigenvalue weighted by molar-refractivity contribution is 9.10. The molecule has 1 aromatic carbocycles. The third-order valence-electron chi connectivity index (χ3n) is 2.81. The number of rotatable bonds is 4. The van der Waals surface area contributed by atoms with Gasteiger partial charge in [-0.05, 0) is 30.0 Å². The number of halogens is 1. The van der Waals surface area contributed by atoms with Crippen LogP contribution >= 0.6 is 15.9 Å². The van der Waals surface area contributed by atoms with Crippen molar-refractivity contribution in [3.05, 3.63) is 34.3 Å². The summed E-state index contributed by atoms with van der Waals surface area (Å²) in [5.74, 6) is 1.08. The lowest BCUT2D eigenvalue weighted by molar-refractivity contribution is 0.0945. The van der Waals surface area contributed by atoms with Crippen LogP contribution < -0.4 is 5.32 Å². The van der Waals surface area contributed by atoms with Crippen LogP contribution in [-0.2, 0) is 0 Å². The highest BCUT2D eigenvalue weighted by Gasteiger charge is 2.10. The van der Waals surface area contributed by atoms with Gasteiger partial charge < -0.3 is 5.32 Å². The Bertz CT molecular complexity index is 363. The summed E-state index contributed by atoms with van der Waals surface area (Å²) in [6.07, 6.45) is 0. The zero-order valence-electron chi connectivity index (χ0n) is 9.96. The average molecular weight is 284 g/mol. The molecule has 1 aromatic rings. The van der Waals surface area contributed by atoms with E-state index >= 15 is 0 Å². The summed E-state index contributed by atoms with van der Waals surface area (Å²) in [4.78, 5) is 11.8. The van der Waals surface area contributed by atoms with Crippen molar-refractivity contribution in [3.63, 3.8) is 0 Å². The van der Waals surface area contributed by atoms with Crippen molar-refractivity contribution in [1.29, 1.82) is 0 Å². The van der Waals surface area contributed by atoms with Gasteiger partial charge in [-0.1, -0.05) is 42.8 Å². The van der Waals surface area contributed by atoms with Gasteiger partial charge in [-0.2, -0.15) is 0 Å². The van der Waals surface area contributed by atoms with Crippen LogP contribution in [0.2, 0.25) is 0 Å². The van der Waals surface area contributed by atoms with Gasteiger partial charge in [0.2, 0.25) is 0 Å². The van der Waals surface area contributed by atoms with Crippen LogP contribution in [0.5, 0.6) is 0 Å². The first-order valence-electron chi connectivity index (χ1n) is 5.54. The molecule has 0 saturated heterocycles. The van der Waals surface area contributed by atoms with Gasteiger partial charge in [0, 0.05) is 16.6 Å². The minimum absolute atomic E-state index is 0.00574. The Balaban J connectivity index is 2.53. The second-order valence-corrected chi connectivity index (χ2v) is 5.36. The molecule has 0 bridgehead atoms. The Kier molecular flexibility index (Phi) is 5.00. The van der Waals surface area contributed by atoms with Gasteiger partial charge in [0.1, 0.15) is 0 Å². The molecule has 0 aliphatic rings. The van der Waals surface area contributed by atoms with Gasteiger partial charge in [-0.25, -0.2) is 0 Å². The number of carbonyl (C=O) groups is 1. The SMILES string of the molecule is CC(C)C(C)CNC(=O)c1cccc(Br)c1. The molecular weight excluding hydrogens is 266 g/mol. The van der Waals surface area contributed by atoms with E-state index in [1.807, 2.05) is 24.3 Å². The van der Waals surface area contributed by atoms with E-state index in [-0.39, 0.29) is 5.91 Å². The van der Waals surface area contributed by atoms with Crippen LogP contribution in [0.1, 0.15) is 31.1 Å². The molecule has 1 amide bonds. The maximum absolute atomic E-state index is 11.8. The Labute approximate surface area is 106 Å². The second-order valence-electron chi connectivity index (χ2n) is 4.44. The molecule has 1 unspecified atom stereocenters. The quantitative estimate of drug-likeness (QED) is 0.901. The number of benzene rings is 1. The third-order valence-corrected chi connectivity index (χ3v) is 3.30. The van der Waals surface area contributed by atoms with Gasteiger partial charge in [0.05, 0.1) is 0 Å². The van der Waals surface area contributed by atoms with Crippen molar-refractivity contribution in [3.8, 4) is 0 Å². The molecule has 0 fully saturated rings. The summed E-state index contributed by atoms with van der Waals surface area (Å²) < 4.78 is 0.928. The topological polar surface area (TPSA) is 29.1 Å². The highest BCUT2D eigenvalue weighted by atomic mass is 79.9. The molecule has 1 atom stereocenters. The van der Waals surface area contributed by atoms with Crippen molar-refractivity contribution in [1.82, 2.24) is 5.32 Å². The molecule has 0 radical (unpaired) electrons. The first-order valence-corrected chi connectivity index (χ1v) is 6.33. The molecule has 88 valence electrons. The van der Waals surface area contributed by atoms with E-state index in [0.29, 0.717) is 17.4 Å². The molecule has 0 aliphatic heterocycles. The Morgan fingerprint density at radius 1 is 1.38 bits per heavy atom. The van der Waals surface area contributed by atoms with Crippen LogP contribution in [0, 0.1) is 11.8 Å². The third kappa shape index (κ3) is 3.97. The largest absolute Gasteiger partial charge is 0.352 e. The zero-order chi connectivity index (χ0) is 12.1. The number of nitrogens with one attached hydrogen (secondary N) is 1. The molecule has 0 aliphatic carbocycles. The first kappa shape index (κ1) is 13.2. The normalized spacial score (nSPS) is 12.6. The summed E-state index contributed by atoms with van der Waals surface area (Å²) in [5.41, 5.74) is 0.699. The molecular formula is C13H18BrNO. The van der Waals surface area contributed by atoms with Gasteiger partial charge >= 0.3 is 0 Å². The van der Waals surface area contributed by atoms with Gasteiger partial charge in [-0.15, -0.1) is 0 Å². The molecule has 3 heteroatoms. The number of amides is 1. The summed E-state index contributed by atoms with van der Waals surface area (Å²) in [7, 11) is 0. The maximum Gasteiger partial charge on any atom is 0.251 e. The predicted molar refractivity (Wildman–Crippen MR) is 70.5 cm³/mol. The number of hydrogen-bond donors (Lipinski definition) is 1. The number of carbonyl (C=O) groups excluding carboxylic acids is 1. The fourth-order valence-corrected chi connectivity index (χ4v) is 1.62. The van der Waals surface area contributed by atoms with E-state index in [9.17, 15) is 4.79 Å². The fraction of sp³-hybridized carbons (Fsp3) is 0.462.